The lowest BCUT2D eigenvalue weighted by Crippen LogP contribution is -2.45. The molecule has 2 aromatic rings. The largest absolute Gasteiger partial charge is 0.328 e. The van der Waals surface area contributed by atoms with Crippen LogP contribution >= 0.6 is 0 Å². The Morgan fingerprint density at radius 2 is 2.05 bits per heavy atom. The van der Waals surface area contributed by atoms with Crippen molar-refractivity contribution in [1.29, 1.82) is 0 Å². The van der Waals surface area contributed by atoms with Crippen LogP contribution in [0.3, 0.4) is 0 Å². The van der Waals surface area contributed by atoms with Crippen molar-refractivity contribution in [2.45, 2.75) is 45.7 Å². The second-order valence-electron chi connectivity index (χ2n) is 6.13. The number of hydrogen-bond donors (Lipinski definition) is 0. The smallest absolute Gasteiger partial charge is 0.243 e. The molecule has 0 radical (unpaired) electrons. The molecule has 0 N–H and O–H groups in total. The van der Waals surface area contributed by atoms with Crippen molar-refractivity contribution in [2.24, 2.45) is 0 Å². The maximum Gasteiger partial charge on any atom is 0.243 e. The summed E-state index contributed by atoms with van der Waals surface area (Å²) in [6.45, 7) is 7.06. The van der Waals surface area contributed by atoms with Crippen LogP contribution in [0.2, 0.25) is 0 Å². The molecule has 22 heavy (non-hydrogen) atoms. The first kappa shape index (κ1) is 14.7. The van der Waals surface area contributed by atoms with E-state index in [4.69, 9.17) is 0 Å². The highest BCUT2D eigenvalue weighted by Gasteiger charge is 2.43. The lowest BCUT2D eigenvalue weighted by molar-refractivity contribution is -0.136. The number of likely N-dealkylation sites (tertiary alicyclic amines) is 1. The number of nitrogens with zero attached hydrogens (tertiary/aromatic N) is 5. The molecule has 3 heterocycles. The number of aryl methyl sites for hydroxylation is 2. The van der Waals surface area contributed by atoms with E-state index in [1.54, 1.807) is 23.3 Å². The second kappa shape index (κ2) is 5.51. The molecule has 6 heteroatoms. The number of aromatic nitrogens is 4. The first-order chi connectivity index (χ1) is 10.5. The number of rotatable bonds is 3. The van der Waals surface area contributed by atoms with E-state index in [9.17, 15) is 4.79 Å². The minimum atomic E-state index is -0.422. The van der Waals surface area contributed by atoms with Crippen LogP contribution in [-0.2, 0) is 16.9 Å². The van der Waals surface area contributed by atoms with Gasteiger partial charge in [0.25, 0.3) is 0 Å². The third-order valence-electron chi connectivity index (χ3n) is 4.28. The fraction of sp³-hybridized carbons (Fsp3) is 0.500. The highest BCUT2D eigenvalue weighted by Crippen LogP contribution is 2.37. The van der Waals surface area contributed by atoms with Gasteiger partial charge in [-0.3, -0.25) is 4.79 Å². The molecular formula is C16H21N5O. The Balaban J connectivity index is 1.89. The molecule has 116 valence electrons. The Labute approximate surface area is 130 Å². The zero-order valence-electron chi connectivity index (χ0n) is 13.3. The first-order valence-corrected chi connectivity index (χ1v) is 7.58. The summed E-state index contributed by atoms with van der Waals surface area (Å²) in [4.78, 5) is 27.8. The van der Waals surface area contributed by atoms with Crippen LogP contribution < -0.4 is 0 Å². The Hall–Kier alpha value is -2.24. The van der Waals surface area contributed by atoms with Crippen molar-refractivity contribution in [3.8, 4) is 0 Å². The van der Waals surface area contributed by atoms with Crippen LogP contribution in [0.5, 0.6) is 0 Å². The minimum absolute atomic E-state index is 0.0840. The summed E-state index contributed by atoms with van der Waals surface area (Å²) in [6, 6.07) is 1.96. The third kappa shape index (κ3) is 2.61. The molecule has 6 nitrogen and oxygen atoms in total. The van der Waals surface area contributed by atoms with Gasteiger partial charge in [-0.25, -0.2) is 15.0 Å². The third-order valence-corrected chi connectivity index (χ3v) is 4.28. The van der Waals surface area contributed by atoms with Gasteiger partial charge in [0, 0.05) is 30.3 Å². The molecule has 1 aliphatic heterocycles. The monoisotopic (exact) mass is 299 g/mol. The minimum Gasteiger partial charge on any atom is -0.328 e. The Bertz CT molecular complexity index is 662. The second-order valence-corrected chi connectivity index (χ2v) is 6.13. The molecule has 0 spiro atoms. The Morgan fingerprint density at radius 3 is 2.68 bits per heavy atom. The molecule has 1 fully saturated rings. The number of carbonyl (C=O) groups excluding carboxylic acids is 1. The highest BCUT2D eigenvalue weighted by molar-refractivity contribution is 5.77. The molecule has 0 saturated carbocycles. The molecule has 1 unspecified atom stereocenters. The maximum atomic E-state index is 12.7. The molecule has 1 atom stereocenters. The molecule has 1 aliphatic rings. The van der Waals surface area contributed by atoms with E-state index < -0.39 is 5.54 Å². The zero-order valence-corrected chi connectivity index (χ0v) is 13.3. The van der Waals surface area contributed by atoms with E-state index >= 15 is 0 Å². The molecule has 0 aliphatic carbocycles. The number of imidazole rings is 1. The van der Waals surface area contributed by atoms with E-state index in [1.165, 1.54) is 0 Å². The van der Waals surface area contributed by atoms with Gasteiger partial charge >= 0.3 is 0 Å². The summed E-state index contributed by atoms with van der Waals surface area (Å²) in [5.41, 5.74) is 1.46. The maximum absolute atomic E-state index is 12.7. The van der Waals surface area contributed by atoms with Gasteiger partial charge in [0.05, 0.1) is 11.9 Å². The summed E-state index contributed by atoms with van der Waals surface area (Å²) >= 11 is 0. The number of amides is 1. The van der Waals surface area contributed by atoms with E-state index in [0.29, 0.717) is 6.54 Å². The summed E-state index contributed by atoms with van der Waals surface area (Å²) in [6.07, 6.45) is 7.02. The number of hydrogen-bond acceptors (Lipinski definition) is 4. The normalized spacial score (nSPS) is 21.3. The highest BCUT2D eigenvalue weighted by atomic mass is 16.2. The molecule has 1 amide bonds. The van der Waals surface area contributed by atoms with Crippen LogP contribution in [0.25, 0.3) is 0 Å². The van der Waals surface area contributed by atoms with Crippen LogP contribution in [0, 0.1) is 13.8 Å². The van der Waals surface area contributed by atoms with Crippen molar-refractivity contribution in [3.63, 3.8) is 0 Å². The predicted octanol–water partition coefficient (Wildman–Crippen LogP) is 1.83. The fourth-order valence-corrected chi connectivity index (χ4v) is 3.18. The standard InChI is InChI=1S/C16H21N5O/c1-12-9-13(2)19-15(18-12)16(3)5-4-7-21(16)14(22)10-20-8-6-17-11-20/h6,8-9,11H,4-5,7,10H2,1-3H3. The fourth-order valence-electron chi connectivity index (χ4n) is 3.18. The predicted molar refractivity (Wildman–Crippen MR) is 82.0 cm³/mol. The molecule has 0 bridgehead atoms. The van der Waals surface area contributed by atoms with Crippen molar-refractivity contribution in [1.82, 2.24) is 24.4 Å². The van der Waals surface area contributed by atoms with Gasteiger partial charge in [0.1, 0.15) is 6.54 Å². The first-order valence-electron chi connectivity index (χ1n) is 7.58. The molecule has 3 rings (SSSR count). The van der Waals surface area contributed by atoms with Crippen LogP contribution in [-0.4, -0.2) is 36.9 Å². The zero-order chi connectivity index (χ0) is 15.7. The summed E-state index contributed by atoms with van der Waals surface area (Å²) < 4.78 is 1.80. The van der Waals surface area contributed by atoms with Gasteiger partial charge in [-0.1, -0.05) is 0 Å². The van der Waals surface area contributed by atoms with Crippen LogP contribution in [0.4, 0.5) is 0 Å². The van der Waals surface area contributed by atoms with E-state index in [1.807, 2.05) is 24.8 Å². The quantitative estimate of drug-likeness (QED) is 0.867. The summed E-state index contributed by atoms with van der Waals surface area (Å²) in [5, 5.41) is 0. The Morgan fingerprint density at radius 1 is 1.32 bits per heavy atom. The Kier molecular flexibility index (Phi) is 3.68. The SMILES string of the molecule is Cc1cc(C)nc(C2(C)CCCN2C(=O)Cn2ccnc2)n1. The van der Waals surface area contributed by atoms with Crippen LogP contribution in [0.15, 0.2) is 24.8 Å². The van der Waals surface area contributed by atoms with Gasteiger partial charge < -0.3 is 9.47 Å². The topological polar surface area (TPSA) is 63.9 Å². The lowest BCUT2D eigenvalue weighted by Gasteiger charge is -2.34. The van der Waals surface area contributed by atoms with Gasteiger partial charge in [-0.15, -0.1) is 0 Å². The van der Waals surface area contributed by atoms with E-state index in [-0.39, 0.29) is 5.91 Å². The summed E-state index contributed by atoms with van der Waals surface area (Å²) in [7, 11) is 0. The average Bonchev–Trinajstić information content (AvgIpc) is 3.07. The molecule has 0 aromatic carbocycles. The van der Waals surface area contributed by atoms with Crippen molar-refractivity contribution >= 4 is 5.91 Å². The summed E-state index contributed by atoms with van der Waals surface area (Å²) in [5.74, 6) is 0.835. The van der Waals surface area contributed by atoms with E-state index in [2.05, 4.69) is 21.9 Å². The number of carbonyl (C=O) groups is 1. The van der Waals surface area contributed by atoms with Crippen molar-refractivity contribution in [3.05, 3.63) is 42.0 Å². The van der Waals surface area contributed by atoms with Crippen molar-refractivity contribution < 1.29 is 4.79 Å². The van der Waals surface area contributed by atoms with Gasteiger partial charge in [-0.2, -0.15) is 0 Å². The lowest BCUT2D eigenvalue weighted by atomic mass is 9.97. The van der Waals surface area contributed by atoms with Crippen LogP contribution in [0.1, 0.15) is 37.0 Å². The van der Waals surface area contributed by atoms with Gasteiger partial charge in [0.2, 0.25) is 5.91 Å². The molecule has 1 saturated heterocycles. The van der Waals surface area contributed by atoms with Crippen molar-refractivity contribution in [2.75, 3.05) is 6.54 Å². The average molecular weight is 299 g/mol. The van der Waals surface area contributed by atoms with Gasteiger partial charge in [-0.05, 0) is 39.7 Å². The van der Waals surface area contributed by atoms with Gasteiger partial charge in [0.15, 0.2) is 5.82 Å². The van der Waals surface area contributed by atoms with E-state index in [0.717, 1.165) is 36.6 Å². The molecule has 2 aromatic heterocycles. The molecular weight excluding hydrogens is 278 g/mol.